The normalized spacial score (nSPS) is 15.4. The van der Waals surface area contributed by atoms with E-state index >= 15 is 0 Å². The number of unbranched alkanes of at least 4 members (excludes halogenated alkanes) is 1. The fourth-order valence-electron chi connectivity index (χ4n) is 3.62. The van der Waals surface area contributed by atoms with Crippen LogP contribution in [0.25, 0.3) is 0 Å². The lowest BCUT2D eigenvalue weighted by Crippen LogP contribution is -2.50. The van der Waals surface area contributed by atoms with Crippen LogP contribution in [0.2, 0.25) is 0 Å². The van der Waals surface area contributed by atoms with Gasteiger partial charge in [-0.25, -0.2) is 5.43 Å². The zero-order valence-electron chi connectivity index (χ0n) is 18.6. The van der Waals surface area contributed by atoms with Crippen molar-refractivity contribution in [2.75, 3.05) is 32.8 Å². The maximum atomic E-state index is 12.9. The minimum absolute atomic E-state index is 0.0708. The number of morpholine rings is 1. The molecule has 7 heteroatoms. The Kier molecular flexibility index (Phi) is 9.40. The Morgan fingerprint density at radius 1 is 1.06 bits per heavy atom. The standard InChI is InChI=1S/C25H32N4O3/c1-20-10-12-21(13-11-20)19-27-28-25(31)23(29-15-17-32-18-16-29)9-5-6-14-26-24(30)22-7-3-2-4-8-22/h2-4,7-8,10-13,19,23H,5-6,9,14-18H2,1H3,(H,26,30)(H,28,31)/b27-19+. The second-order valence-corrected chi connectivity index (χ2v) is 7.93. The summed E-state index contributed by atoms with van der Waals surface area (Å²) < 4.78 is 5.44. The van der Waals surface area contributed by atoms with E-state index in [1.54, 1.807) is 18.3 Å². The summed E-state index contributed by atoms with van der Waals surface area (Å²) in [4.78, 5) is 27.2. The number of ether oxygens (including phenoxy) is 1. The molecule has 2 aromatic carbocycles. The molecular formula is C25H32N4O3. The van der Waals surface area contributed by atoms with Gasteiger partial charge in [-0.2, -0.15) is 5.10 Å². The number of amides is 2. The molecular weight excluding hydrogens is 404 g/mol. The lowest BCUT2D eigenvalue weighted by atomic mass is 10.1. The molecule has 0 aliphatic carbocycles. The minimum Gasteiger partial charge on any atom is -0.379 e. The van der Waals surface area contributed by atoms with Gasteiger partial charge in [0.15, 0.2) is 0 Å². The van der Waals surface area contributed by atoms with Crippen LogP contribution < -0.4 is 10.7 Å². The zero-order chi connectivity index (χ0) is 22.6. The summed E-state index contributed by atoms with van der Waals surface area (Å²) in [6.07, 6.45) is 3.99. The van der Waals surface area contributed by atoms with Crippen LogP contribution in [0.4, 0.5) is 0 Å². The predicted octanol–water partition coefficient (Wildman–Crippen LogP) is 2.75. The lowest BCUT2D eigenvalue weighted by Gasteiger charge is -2.33. The molecule has 1 saturated heterocycles. The topological polar surface area (TPSA) is 83.0 Å². The van der Waals surface area contributed by atoms with Crippen molar-refractivity contribution in [3.63, 3.8) is 0 Å². The molecule has 32 heavy (non-hydrogen) atoms. The summed E-state index contributed by atoms with van der Waals surface area (Å²) in [7, 11) is 0. The van der Waals surface area contributed by atoms with Crippen LogP contribution in [-0.2, 0) is 9.53 Å². The summed E-state index contributed by atoms with van der Waals surface area (Å²) in [6.45, 7) is 5.32. The summed E-state index contributed by atoms with van der Waals surface area (Å²) in [6, 6.07) is 16.9. The van der Waals surface area contributed by atoms with E-state index in [0.717, 1.165) is 31.5 Å². The minimum atomic E-state index is -0.265. The van der Waals surface area contributed by atoms with Crippen LogP contribution in [0.1, 0.15) is 40.7 Å². The van der Waals surface area contributed by atoms with Gasteiger partial charge in [0, 0.05) is 25.2 Å². The van der Waals surface area contributed by atoms with Crippen LogP contribution in [0.15, 0.2) is 59.7 Å². The van der Waals surface area contributed by atoms with Gasteiger partial charge in [-0.3, -0.25) is 14.5 Å². The number of nitrogens with one attached hydrogen (secondary N) is 2. The Labute approximate surface area is 189 Å². The van der Waals surface area contributed by atoms with Crippen LogP contribution in [0.3, 0.4) is 0 Å². The van der Waals surface area contributed by atoms with Crippen LogP contribution in [0, 0.1) is 6.92 Å². The molecule has 2 amide bonds. The van der Waals surface area contributed by atoms with E-state index in [2.05, 4.69) is 20.7 Å². The van der Waals surface area contributed by atoms with Gasteiger partial charge in [0.2, 0.25) is 0 Å². The number of hydrogen-bond acceptors (Lipinski definition) is 5. The lowest BCUT2D eigenvalue weighted by molar-refractivity contribution is -0.128. The molecule has 3 rings (SSSR count). The largest absolute Gasteiger partial charge is 0.379 e. The van der Waals surface area contributed by atoms with E-state index in [9.17, 15) is 9.59 Å². The highest BCUT2D eigenvalue weighted by atomic mass is 16.5. The highest BCUT2D eigenvalue weighted by Crippen LogP contribution is 2.12. The molecule has 0 saturated carbocycles. The quantitative estimate of drug-likeness (QED) is 0.341. The number of aryl methyl sites for hydroxylation is 1. The number of hydrazone groups is 1. The first kappa shape index (κ1) is 23.6. The van der Waals surface area contributed by atoms with Crippen LogP contribution in [-0.4, -0.2) is 61.8 Å². The second-order valence-electron chi connectivity index (χ2n) is 7.93. The molecule has 1 fully saturated rings. The Balaban J connectivity index is 1.47. The average molecular weight is 437 g/mol. The van der Waals surface area contributed by atoms with E-state index in [0.29, 0.717) is 31.7 Å². The number of carbonyl (C=O) groups is 2. The second kappa shape index (κ2) is 12.7. The highest BCUT2D eigenvalue weighted by molar-refractivity contribution is 5.94. The van der Waals surface area contributed by atoms with E-state index in [1.807, 2.05) is 49.4 Å². The Hall–Kier alpha value is -3.03. The van der Waals surface area contributed by atoms with Crippen molar-refractivity contribution in [2.24, 2.45) is 5.10 Å². The van der Waals surface area contributed by atoms with Crippen molar-refractivity contribution in [1.82, 2.24) is 15.6 Å². The average Bonchev–Trinajstić information content (AvgIpc) is 2.83. The Morgan fingerprint density at radius 2 is 1.78 bits per heavy atom. The molecule has 0 aromatic heterocycles. The van der Waals surface area contributed by atoms with Crippen LogP contribution >= 0.6 is 0 Å². The third-order valence-corrected chi connectivity index (χ3v) is 5.48. The Morgan fingerprint density at radius 3 is 2.50 bits per heavy atom. The van der Waals surface area contributed by atoms with E-state index in [-0.39, 0.29) is 17.9 Å². The Bertz CT molecular complexity index is 878. The predicted molar refractivity (Wildman–Crippen MR) is 126 cm³/mol. The van der Waals surface area contributed by atoms with Gasteiger partial charge >= 0.3 is 0 Å². The number of rotatable bonds is 10. The van der Waals surface area contributed by atoms with Crippen molar-refractivity contribution >= 4 is 18.0 Å². The van der Waals surface area contributed by atoms with Gasteiger partial charge < -0.3 is 10.1 Å². The zero-order valence-corrected chi connectivity index (χ0v) is 18.6. The molecule has 1 heterocycles. The molecule has 170 valence electrons. The smallest absolute Gasteiger partial charge is 0.257 e. The molecule has 7 nitrogen and oxygen atoms in total. The monoisotopic (exact) mass is 436 g/mol. The third kappa shape index (κ3) is 7.59. The maximum absolute atomic E-state index is 12.9. The summed E-state index contributed by atoms with van der Waals surface area (Å²) >= 11 is 0. The third-order valence-electron chi connectivity index (χ3n) is 5.48. The maximum Gasteiger partial charge on any atom is 0.257 e. The first-order valence-corrected chi connectivity index (χ1v) is 11.2. The van der Waals surface area contributed by atoms with Crippen molar-refractivity contribution in [1.29, 1.82) is 0 Å². The number of carbonyl (C=O) groups excluding carboxylic acids is 2. The summed E-state index contributed by atoms with van der Waals surface area (Å²) in [5.41, 5.74) is 5.48. The van der Waals surface area contributed by atoms with Gasteiger partial charge in [-0.1, -0.05) is 48.0 Å². The molecule has 0 bridgehead atoms. The van der Waals surface area contributed by atoms with Crippen molar-refractivity contribution in [3.8, 4) is 0 Å². The molecule has 2 N–H and O–H groups in total. The SMILES string of the molecule is Cc1ccc(/C=N/NC(=O)C(CCCCNC(=O)c2ccccc2)N2CCOCC2)cc1. The van der Waals surface area contributed by atoms with E-state index in [4.69, 9.17) is 4.74 Å². The molecule has 0 spiro atoms. The van der Waals surface area contributed by atoms with Crippen LogP contribution in [0.5, 0.6) is 0 Å². The van der Waals surface area contributed by atoms with Crippen molar-refractivity contribution < 1.29 is 14.3 Å². The van der Waals surface area contributed by atoms with Gasteiger partial charge in [0.1, 0.15) is 0 Å². The van der Waals surface area contributed by atoms with E-state index < -0.39 is 0 Å². The molecule has 1 unspecified atom stereocenters. The van der Waals surface area contributed by atoms with Gasteiger partial charge in [0.25, 0.3) is 11.8 Å². The van der Waals surface area contributed by atoms with E-state index in [1.165, 1.54) is 5.56 Å². The van der Waals surface area contributed by atoms with Gasteiger partial charge in [-0.15, -0.1) is 0 Å². The molecule has 0 radical (unpaired) electrons. The fraction of sp³-hybridized carbons (Fsp3) is 0.400. The van der Waals surface area contributed by atoms with Gasteiger partial charge in [-0.05, 0) is 43.9 Å². The molecule has 1 aliphatic heterocycles. The van der Waals surface area contributed by atoms with Gasteiger partial charge in [0.05, 0.1) is 25.5 Å². The molecule has 1 atom stereocenters. The summed E-state index contributed by atoms with van der Waals surface area (Å²) in [5, 5.41) is 7.09. The molecule has 2 aromatic rings. The summed E-state index contributed by atoms with van der Waals surface area (Å²) in [5.74, 6) is -0.179. The fourth-order valence-corrected chi connectivity index (χ4v) is 3.62. The number of nitrogens with zero attached hydrogens (tertiary/aromatic N) is 2. The highest BCUT2D eigenvalue weighted by Gasteiger charge is 2.26. The van der Waals surface area contributed by atoms with Crippen molar-refractivity contribution in [3.05, 3.63) is 71.3 Å². The first-order chi connectivity index (χ1) is 15.6. The molecule has 1 aliphatic rings. The number of hydrogen-bond donors (Lipinski definition) is 2. The van der Waals surface area contributed by atoms with Crippen molar-refractivity contribution in [2.45, 2.75) is 32.2 Å². The number of benzene rings is 2. The first-order valence-electron chi connectivity index (χ1n) is 11.2.